The average Bonchev–Trinajstić information content (AvgIpc) is 2.90. The zero-order chi connectivity index (χ0) is 16.4. The van der Waals surface area contributed by atoms with Gasteiger partial charge in [-0.3, -0.25) is 10.2 Å². The Labute approximate surface area is 132 Å². The molecule has 2 aromatic carbocycles. The summed E-state index contributed by atoms with van der Waals surface area (Å²) in [5.74, 6) is -0.371. The highest BCUT2D eigenvalue weighted by Gasteiger charge is 2.19. The van der Waals surface area contributed by atoms with Crippen molar-refractivity contribution in [2.75, 3.05) is 6.61 Å². The molecule has 2 amide bonds. The summed E-state index contributed by atoms with van der Waals surface area (Å²) in [6, 6.07) is 11.7. The van der Waals surface area contributed by atoms with E-state index in [9.17, 15) is 9.59 Å². The standard InChI is InChI=1S/C17H16N2O4/c1-3-22-17(21)19-18-16(20)14-10(2)12-9-8-11-6-4-5-7-13(11)15(12)23-14/h4-9H,3H2,1-2H3,(H,18,20)(H,19,21). The highest BCUT2D eigenvalue weighted by atomic mass is 16.6. The topological polar surface area (TPSA) is 80.6 Å². The van der Waals surface area contributed by atoms with Gasteiger partial charge in [-0.05, 0) is 19.2 Å². The van der Waals surface area contributed by atoms with Crippen LogP contribution < -0.4 is 10.9 Å². The molecule has 3 aromatic rings. The third-order valence-corrected chi connectivity index (χ3v) is 3.59. The molecule has 0 atom stereocenters. The fourth-order valence-corrected chi connectivity index (χ4v) is 2.50. The summed E-state index contributed by atoms with van der Waals surface area (Å²) in [4.78, 5) is 23.4. The molecule has 0 radical (unpaired) electrons. The molecule has 3 rings (SSSR count). The molecule has 2 N–H and O–H groups in total. The van der Waals surface area contributed by atoms with E-state index in [1.807, 2.05) is 36.4 Å². The van der Waals surface area contributed by atoms with Crippen molar-refractivity contribution in [2.24, 2.45) is 0 Å². The zero-order valence-corrected chi connectivity index (χ0v) is 12.8. The Morgan fingerprint density at radius 1 is 1.09 bits per heavy atom. The number of hydrazine groups is 1. The average molecular weight is 312 g/mol. The second-order valence-corrected chi connectivity index (χ2v) is 5.02. The van der Waals surface area contributed by atoms with Gasteiger partial charge in [0.05, 0.1) is 6.61 Å². The lowest BCUT2D eigenvalue weighted by Gasteiger charge is -2.05. The Balaban J connectivity index is 1.95. The molecule has 0 aliphatic carbocycles. The van der Waals surface area contributed by atoms with E-state index in [1.54, 1.807) is 13.8 Å². The van der Waals surface area contributed by atoms with Crippen molar-refractivity contribution < 1.29 is 18.7 Å². The number of aryl methyl sites for hydroxylation is 1. The number of amides is 2. The molecule has 0 spiro atoms. The van der Waals surface area contributed by atoms with Crippen LogP contribution >= 0.6 is 0 Å². The van der Waals surface area contributed by atoms with Gasteiger partial charge in [0.1, 0.15) is 5.58 Å². The van der Waals surface area contributed by atoms with Crippen molar-refractivity contribution in [1.82, 2.24) is 10.9 Å². The summed E-state index contributed by atoms with van der Waals surface area (Å²) < 4.78 is 10.4. The van der Waals surface area contributed by atoms with Gasteiger partial charge in [0, 0.05) is 16.3 Å². The van der Waals surface area contributed by atoms with Crippen LogP contribution in [0.4, 0.5) is 4.79 Å². The molecular weight excluding hydrogens is 296 g/mol. The second-order valence-electron chi connectivity index (χ2n) is 5.02. The molecule has 0 aliphatic rings. The third kappa shape index (κ3) is 2.70. The zero-order valence-electron chi connectivity index (χ0n) is 12.8. The summed E-state index contributed by atoms with van der Waals surface area (Å²) in [6.45, 7) is 3.70. The maximum atomic E-state index is 12.2. The van der Waals surface area contributed by atoms with Crippen molar-refractivity contribution in [3.63, 3.8) is 0 Å². The predicted molar refractivity (Wildman–Crippen MR) is 86.1 cm³/mol. The Morgan fingerprint density at radius 2 is 1.87 bits per heavy atom. The molecule has 0 saturated carbocycles. The van der Waals surface area contributed by atoms with Gasteiger partial charge in [0.25, 0.3) is 0 Å². The number of carbonyl (C=O) groups is 2. The molecular formula is C17H16N2O4. The van der Waals surface area contributed by atoms with Gasteiger partial charge in [-0.2, -0.15) is 0 Å². The van der Waals surface area contributed by atoms with Gasteiger partial charge in [0.2, 0.25) is 0 Å². The second kappa shape index (κ2) is 6.00. The quantitative estimate of drug-likeness (QED) is 0.712. The molecule has 118 valence electrons. The van der Waals surface area contributed by atoms with E-state index in [4.69, 9.17) is 4.42 Å². The first-order valence-corrected chi connectivity index (χ1v) is 7.25. The van der Waals surface area contributed by atoms with Crippen LogP contribution in [0.3, 0.4) is 0 Å². The van der Waals surface area contributed by atoms with Crippen LogP contribution in [0, 0.1) is 6.92 Å². The fourth-order valence-electron chi connectivity index (χ4n) is 2.50. The number of hydrogen-bond acceptors (Lipinski definition) is 4. The van der Waals surface area contributed by atoms with Crippen LogP contribution in [0.2, 0.25) is 0 Å². The van der Waals surface area contributed by atoms with E-state index < -0.39 is 12.0 Å². The highest BCUT2D eigenvalue weighted by Crippen LogP contribution is 2.31. The smallest absolute Gasteiger partial charge is 0.426 e. The van der Waals surface area contributed by atoms with Crippen LogP contribution in [0.5, 0.6) is 0 Å². The summed E-state index contributed by atoms with van der Waals surface area (Å²) in [7, 11) is 0. The normalized spacial score (nSPS) is 10.7. The lowest BCUT2D eigenvalue weighted by atomic mass is 10.1. The molecule has 0 fully saturated rings. The van der Waals surface area contributed by atoms with E-state index in [-0.39, 0.29) is 12.4 Å². The SMILES string of the molecule is CCOC(=O)NNC(=O)c1oc2c(ccc3ccccc32)c1C. The Bertz CT molecular complexity index is 898. The lowest BCUT2D eigenvalue weighted by molar-refractivity contribution is 0.0887. The van der Waals surface area contributed by atoms with E-state index in [1.165, 1.54) is 0 Å². The van der Waals surface area contributed by atoms with E-state index >= 15 is 0 Å². The molecule has 1 heterocycles. The van der Waals surface area contributed by atoms with Crippen molar-refractivity contribution >= 4 is 33.7 Å². The number of ether oxygens (including phenoxy) is 1. The van der Waals surface area contributed by atoms with Gasteiger partial charge >= 0.3 is 12.0 Å². The van der Waals surface area contributed by atoms with Crippen LogP contribution in [0.25, 0.3) is 21.7 Å². The molecule has 0 bridgehead atoms. The van der Waals surface area contributed by atoms with Gasteiger partial charge < -0.3 is 9.15 Å². The Morgan fingerprint density at radius 3 is 2.65 bits per heavy atom. The van der Waals surface area contributed by atoms with Crippen molar-refractivity contribution in [1.29, 1.82) is 0 Å². The Kier molecular flexibility index (Phi) is 3.89. The number of furan rings is 1. The molecule has 0 saturated heterocycles. The Hall–Kier alpha value is -3.02. The van der Waals surface area contributed by atoms with Crippen LogP contribution in [-0.2, 0) is 4.74 Å². The largest absolute Gasteiger partial charge is 0.450 e. The van der Waals surface area contributed by atoms with E-state index in [2.05, 4.69) is 15.6 Å². The summed E-state index contributed by atoms with van der Waals surface area (Å²) in [5.41, 5.74) is 5.82. The molecule has 0 aliphatic heterocycles. The van der Waals surface area contributed by atoms with Crippen LogP contribution in [0.15, 0.2) is 40.8 Å². The van der Waals surface area contributed by atoms with Gasteiger partial charge in [-0.1, -0.05) is 36.4 Å². The summed E-state index contributed by atoms with van der Waals surface area (Å²) in [6.07, 6.45) is -0.722. The number of hydrogen-bond donors (Lipinski definition) is 2. The monoisotopic (exact) mass is 312 g/mol. The highest BCUT2D eigenvalue weighted by molar-refractivity contribution is 6.08. The van der Waals surface area contributed by atoms with Crippen molar-refractivity contribution in [3.8, 4) is 0 Å². The number of carbonyl (C=O) groups excluding carboxylic acids is 2. The predicted octanol–water partition coefficient (Wildman–Crippen LogP) is 3.29. The summed E-state index contributed by atoms with van der Waals surface area (Å²) in [5, 5.41) is 2.83. The third-order valence-electron chi connectivity index (χ3n) is 3.59. The first-order valence-electron chi connectivity index (χ1n) is 7.25. The molecule has 23 heavy (non-hydrogen) atoms. The first kappa shape index (κ1) is 14.9. The van der Waals surface area contributed by atoms with Crippen molar-refractivity contribution in [2.45, 2.75) is 13.8 Å². The first-order chi connectivity index (χ1) is 11.1. The van der Waals surface area contributed by atoms with E-state index in [0.29, 0.717) is 11.1 Å². The summed E-state index contributed by atoms with van der Waals surface area (Å²) >= 11 is 0. The minimum Gasteiger partial charge on any atom is -0.450 e. The lowest BCUT2D eigenvalue weighted by Crippen LogP contribution is -2.42. The number of benzene rings is 2. The van der Waals surface area contributed by atoms with Gasteiger partial charge in [0.15, 0.2) is 5.76 Å². The van der Waals surface area contributed by atoms with Crippen LogP contribution in [-0.4, -0.2) is 18.6 Å². The molecule has 1 aromatic heterocycles. The molecule has 0 unspecified atom stereocenters. The van der Waals surface area contributed by atoms with Crippen LogP contribution in [0.1, 0.15) is 23.0 Å². The minimum absolute atomic E-state index is 0.160. The maximum absolute atomic E-state index is 12.2. The van der Waals surface area contributed by atoms with E-state index in [0.717, 1.165) is 16.2 Å². The maximum Gasteiger partial charge on any atom is 0.426 e. The van der Waals surface area contributed by atoms with Gasteiger partial charge in [-0.15, -0.1) is 0 Å². The van der Waals surface area contributed by atoms with Crippen molar-refractivity contribution in [3.05, 3.63) is 47.7 Å². The fraction of sp³-hybridized carbons (Fsp3) is 0.176. The number of fused-ring (bicyclic) bond motifs is 3. The minimum atomic E-state index is -0.722. The number of rotatable bonds is 2. The molecule has 6 nitrogen and oxygen atoms in total. The molecule has 6 heteroatoms. The number of nitrogens with one attached hydrogen (secondary N) is 2. The van der Waals surface area contributed by atoms with Gasteiger partial charge in [-0.25, -0.2) is 10.2 Å².